The molecule has 1 saturated carbocycles. The van der Waals surface area contributed by atoms with Gasteiger partial charge in [-0.2, -0.15) is 0 Å². The van der Waals surface area contributed by atoms with Crippen molar-refractivity contribution < 1.29 is 5.11 Å². The fourth-order valence-corrected chi connectivity index (χ4v) is 3.26. The molecule has 2 rings (SSSR count). The molecular formula is C13H22N2OS. The van der Waals surface area contributed by atoms with Crippen molar-refractivity contribution in [2.24, 2.45) is 5.41 Å². The van der Waals surface area contributed by atoms with Crippen LogP contribution < -0.4 is 4.90 Å². The molecule has 0 saturated heterocycles. The quantitative estimate of drug-likeness (QED) is 0.900. The van der Waals surface area contributed by atoms with E-state index in [2.05, 4.69) is 30.8 Å². The van der Waals surface area contributed by atoms with Crippen LogP contribution in [0.4, 0.5) is 5.13 Å². The van der Waals surface area contributed by atoms with E-state index < -0.39 is 0 Å². The molecule has 0 radical (unpaired) electrons. The third-order valence-corrected chi connectivity index (χ3v) is 4.93. The van der Waals surface area contributed by atoms with Gasteiger partial charge in [0.15, 0.2) is 5.13 Å². The van der Waals surface area contributed by atoms with Crippen LogP contribution in [0.3, 0.4) is 0 Å². The van der Waals surface area contributed by atoms with Crippen molar-refractivity contribution in [1.82, 2.24) is 4.98 Å². The zero-order valence-electron chi connectivity index (χ0n) is 10.9. The number of rotatable bonds is 3. The molecule has 0 atom stereocenters. The predicted molar refractivity (Wildman–Crippen MR) is 72.5 cm³/mol. The van der Waals surface area contributed by atoms with Gasteiger partial charge in [0.2, 0.25) is 0 Å². The zero-order valence-corrected chi connectivity index (χ0v) is 11.8. The maximum Gasteiger partial charge on any atom is 0.185 e. The number of aromatic nitrogens is 1. The van der Waals surface area contributed by atoms with Crippen molar-refractivity contribution in [1.29, 1.82) is 0 Å². The van der Waals surface area contributed by atoms with Gasteiger partial charge in [0.05, 0.1) is 11.5 Å². The Labute approximate surface area is 107 Å². The van der Waals surface area contributed by atoms with E-state index in [0.29, 0.717) is 11.5 Å². The Bertz CT molecular complexity index is 365. The van der Waals surface area contributed by atoms with Crippen molar-refractivity contribution in [2.45, 2.75) is 52.2 Å². The van der Waals surface area contributed by atoms with Crippen LogP contribution in [-0.2, 0) is 6.61 Å². The van der Waals surface area contributed by atoms with Crippen LogP contribution in [0.25, 0.3) is 0 Å². The molecular weight excluding hydrogens is 232 g/mol. The molecule has 3 nitrogen and oxygen atoms in total. The highest BCUT2D eigenvalue weighted by Gasteiger charge is 2.29. The zero-order chi connectivity index (χ0) is 12.5. The second-order valence-electron chi connectivity index (χ2n) is 5.77. The average Bonchev–Trinajstić information content (AvgIpc) is 2.76. The number of nitrogens with zero attached hydrogens (tertiary/aromatic N) is 2. The lowest BCUT2D eigenvalue weighted by Gasteiger charge is -2.38. The Morgan fingerprint density at radius 2 is 2.12 bits per heavy atom. The van der Waals surface area contributed by atoms with Gasteiger partial charge < -0.3 is 10.0 Å². The van der Waals surface area contributed by atoms with Crippen LogP contribution in [-0.4, -0.2) is 23.2 Å². The third kappa shape index (κ3) is 2.99. The molecule has 1 N–H and O–H groups in total. The van der Waals surface area contributed by atoms with Crippen molar-refractivity contribution in [3.63, 3.8) is 0 Å². The topological polar surface area (TPSA) is 36.4 Å². The summed E-state index contributed by atoms with van der Waals surface area (Å²) in [5, 5.41) is 10.1. The molecule has 96 valence electrons. The number of anilines is 1. The van der Waals surface area contributed by atoms with Gasteiger partial charge in [-0.1, -0.05) is 25.2 Å². The fourth-order valence-electron chi connectivity index (χ4n) is 2.46. The van der Waals surface area contributed by atoms with Crippen molar-refractivity contribution in [2.75, 3.05) is 11.9 Å². The molecule has 1 aliphatic carbocycles. The van der Waals surface area contributed by atoms with Crippen molar-refractivity contribution in [3.8, 4) is 0 Å². The number of thiazole rings is 1. The highest BCUT2D eigenvalue weighted by atomic mass is 32.1. The highest BCUT2D eigenvalue weighted by molar-refractivity contribution is 7.15. The highest BCUT2D eigenvalue weighted by Crippen LogP contribution is 2.38. The lowest BCUT2D eigenvalue weighted by atomic mass is 9.75. The SMILES string of the molecule is CN(c1ncc(CO)s1)C1CCC(C)(C)CC1. The van der Waals surface area contributed by atoms with Crippen LogP contribution in [0.2, 0.25) is 0 Å². The van der Waals surface area contributed by atoms with Crippen LogP contribution in [0.15, 0.2) is 6.20 Å². The molecule has 1 fully saturated rings. The second-order valence-corrected chi connectivity index (χ2v) is 6.87. The Morgan fingerprint density at radius 1 is 1.47 bits per heavy atom. The van der Waals surface area contributed by atoms with Gasteiger partial charge in [-0.15, -0.1) is 0 Å². The van der Waals surface area contributed by atoms with Gasteiger partial charge in [0, 0.05) is 19.3 Å². The normalized spacial score (nSPS) is 20.5. The number of aliphatic hydroxyl groups is 1. The summed E-state index contributed by atoms with van der Waals surface area (Å²) in [6.45, 7) is 4.82. The Morgan fingerprint density at radius 3 is 2.65 bits per heavy atom. The molecule has 0 aliphatic heterocycles. The smallest absolute Gasteiger partial charge is 0.185 e. The first-order chi connectivity index (χ1) is 8.02. The van der Waals surface area contributed by atoms with Gasteiger partial charge >= 0.3 is 0 Å². The van der Waals surface area contributed by atoms with Gasteiger partial charge in [0.1, 0.15) is 0 Å². The summed E-state index contributed by atoms with van der Waals surface area (Å²) < 4.78 is 0. The summed E-state index contributed by atoms with van der Waals surface area (Å²) in [6, 6.07) is 0.612. The van der Waals surface area contributed by atoms with E-state index in [1.54, 1.807) is 17.5 Å². The third-order valence-electron chi connectivity index (χ3n) is 3.86. The summed E-state index contributed by atoms with van der Waals surface area (Å²) in [5.41, 5.74) is 0.510. The minimum absolute atomic E-state index is 0.100. The van der Waals surface area contributed by atoms with E-state index in [1.165, 1.54) is 25.7 Å². The van der Waals surface area contributed by atoms with Crippen LogP contribution in [0.1, 0.15) is 44.4 Å². The largest absolute Gasteiger partial charge is 0.391 e. The van der Waals surface area contributed by atoms with E-state index >= 15 is 0 Å². The Balaban J connectivity index is 1.98. The van der Waals surface area contributed by atoms with E-state index in [9.17, 15) is 0 Å². The monoisotopic (exact) mass is 254 g/mol. The predicted octanol–water partition coefficient (Wildman–Crippen LogP) is 3.04. The Kier molecular flexibility index (Phi) is 3.73. The molecule has 1 aliphatic rings. The standard InChI is InChI=1S/C13H22N2OS/c1-13(2)6-4-10(5-7-13)15(3)12-14-8-11(9-16)17-12/h8,10,16H,4-7,9H2,1-3H3. The van der Waals surface area contributed by atoms with E-state index in [-0.39, 0.29) is 6.61 Å². The summed E-state index contributed by atoms with van der Waals surface area (Å²) in [7, 11) is 2.13. The fraction of sp³-hybridized carbons (Fsp3) is 0.769. The molecule has 4 heteroatoms. The molecule has 0 unspecified atom stereocenters. The minimum Gasteiger partial charge on any atom is -0.391 e. The van der Waals surface area contributed by atoms with Gasteiger partial charge in [-0.05, 0) is 31.1 Å². The molecule has 1 aromatic heterocycles. The van der Waals surface area contributed by atoms with Crippen LogP contribution in [0, 0.1) is 5.41 Å². The lowest BCUT2D eigenvalue weighted by molar-refractivity contribution is 0.222. The molecule has 1 heterocycles. The summed E-state index contributed by atoms with van der Waals surface area (Å²) >= 11 is 1.60. The first-order valence-electron chi connectivity index (χ1n) is 6.30. The molecule has 1 aromatic rings. The van der Waals surface area contributed by atoms with Crippen molar-refractivity contribution in [3.05, 3.63) is 11.1 Å². The molecule has 0 spiro atoms. The van der Waals surface area contributed by atoms with E-state index in [1.807, 2.05) is 0 Å². The van der Waals surface area contributed by atoms with Gasteiger partial charge in [-0.3, -0.25) is 0 Å². The molecule has 0 amide bonds. The molecule has 17 heavy (non-hydrogen) atoms. The van der Waals surface area contributed by atoms with Crippen LogP contribution >= 0.6 is 11.3 Å². The first kappa shape index (κ1) is 12.8. The minimum atomic E-state index is 0.100. The maximum atomic E-state index is 9.06. The Hall–Kier alpha value is -0.610. The van der Waals surface area contributed by atoms with Gasteiger partial charge in [-0.25, -0.2) is 4.98 Å². The first-order valence-corrected chi connectivity index (χ1v) is 7.12. The average molecular weight is 254 g/mol. The second kappa shape index (κ2) is 4.94. The van der Waals surface area contributed by atoms with Crippen LogP contribution in [0.5, 0.6) is 0 Å². The van der Waals surface area contributed by atoms with Gasteiger partial charge in [0.25, 0.3) is 0 Å². The number of aliphatic hydroxyl groups excluding tert-OH is 1. The summed E-state index contributed by atoms with van der Waals surface area (Å²) in [6.07, 6.45) is 6.86. The number of hydrogen-bond acceptors (Lipinski definition) is 4. The summed E-state index contributed by atoms with van der Waals surface area (Å²) in [4.78, 5) is 7.62. The summed E-state index contributed by atoms with van der Waals surface area (Å²) in [5.74, 6) is 0. The maximum absolute atomic E-state index is 9.06. The lowest BCUT2D eigenvalue weighted by Crippen LogP contribution is -2.37. The molecule has 0 bridgehead atoms. The van der Waals surface area contributed by atoms with E-state index in [0.717, 1.165) is 10.0 Å². The number of hydrogen-bond donors (Lipinski definition) is 1. The van der Waals surface area contributed by atoms with Crippen molar-refractivity contribution >= 4 is 16.5 Å². The van der Waals surface area contributed by atoms with E-state index in [4.69, 9.17) is 5.11 Å². The molecule has 0 aromatic carbocycles.